The molecule has 0 spiro atoms. The third-order valence-corrected chi connectivity index (χ3v) is 5.97. The lowest BCUT2D eigenvalue weighted by atomic mass is 10.0. The van der Waals surface area contributed by atoms with Crippen LogP contribution in [-0.4, -0.2) is 39.4 Å². The highest BCUT2D eigenvalue weighted by molar-refractivity contribution is 7.97. The van der Waals surface area contributed by atoms with Crippen molar-refractivity contribution < 1.29 is 28.4 Å². The fourth-order valence-electron chi connectivity index (χ4n) is 2.95. The SMILES string of the molecule is CN1c2ccc(C(=O)O)cc2C(=O)/C(=C/c2cccc(F)c2)[S+]1[O-].NC(=O)c1ccncc1. The maximum Gasteiger partial charge on any atom is 0.335 e. The number of aromatic nitrogens is 1. The van der Waals surface area contributed by atoms with E-state index in [2.05, 4.69) is 4.98 Å². The first-order valence-electron chi connectivity index (χ1n) is 9.43. The van der Waals surface area contributed by atoms with Crippen molar-refractivity contribution in [3.63, 3.8) is 0 Å². The smallest absolute Gasteiger partial charge is 0.335 e. The predicted molar refractivity (Wildman–Crippen MR) is 121 cm³/mol. The van der Waals surface area contributed by atoms with E-state index >= 15 is 0 Å². The lowest BCUT2D eigenvalue weighted by Gasteiger charge is -2.29. The van der Waals surface area contributed by atoms with E-state index in [1.54, 1.807) is 25.2 Å². The highest BCUT2D eigenvalue weighted by atomic mass is 32.2. The van der Waals surface area contributed by atoms with Gasteiger partial charge in [0.05, 0.1) is 23.9 Å². The van der Waals surface area contributed by atoms with Gasteiger partial charge in [-0.05, 0) is 48.0 Å². The Morgan fingerprint density at radius 1 is 1.12 bits per heavy atom. The van der Waals surface area contributed by atoms with E-state index < -0.39 is 34.8 Å². The van der Waals surface area contributed by atoms with Gasteiger partial charge < -0.3 is 15.4 Å². The van der Waals surface area contributed by atoms with Gasteiger partial charge >= 0.3 is 5.97 Å². The number of allylic oxidation sites excluding steroid dienone is 1. The van der Waals surface area contributed by atoms with Gasteiger partial charge in [0.25, 0.3) is 0 Å². The number of Topliss-reactive ketones (excluding diaryl/α,β-unsaturated/α-hetero) is 1. The van der Waals surface area contributed by atoms with Crippen LogP contribution in [0.15, 0.2) is 71.9 Å². The Labute approximate surface area is 191 Å². The van der Waals surface area contributed by atoms with Gasteiger partial charge in [0.15, 0.2) is 0 Å². The maximum atomic E-state index is 13.3. The number of carboxylic acid groups (broad SMARTS) is 1. The molecule has 168 valence electrons. The van der Waals surface area contributed by atoms with Gasteiger partial charge in [-0.1, -0.05) is 12.1 Å². The summed E-state index contributed by atoms with van der Waals surface area (Å²) in [6.45, 7) is 0. The molecule has 1 unspecified atom stereocenters. The standard InChI is InChI=1S/C17H12FNO4S.C6H6N2O/c1-19-14-6-5-11(17(21)22)9-13(14)16(20)15(24(19)23)8-10-3-2-4-12(18)7-10;7-6(9)5-1-3-8-4-2-5/h2-9H,1H3,(H,21,22);1-4H,(H2,7,9)/b15-8-;. The Morgan fingerprint density at radius 3 is 2.39 bits per heavy atom. The molecule has 0 fully saturated rings. The number of carbonyl (C=O) groups excluding carboxylic acids is 2. The van der Waals surface area contributed by atoms with Crippen LogP contribution in [0.5, 0.6) is 0 Å². The molecular weight excluding hydrogens is 449 g/mol. The Balaban J connectivity index is 0.000000286. The molecule has 1 atom stereocenters. The zero-order chi connectivity index (χ0) is 24.1. The van der Waals surface area contributed by atoms with Crippen LogP contribution in [0.1, 0.15) is 36.6 Å². The number of amides is 1. The second-order valence-electron chi connectivity index (χ2n) is 6.78. The normalized spacial score (nSPS) is 16.0. The number of carbonyl (C=O) groups is 3. The molecule has 0 aliphatic carbocycles. The molecule has 0 saturated heterocycles. The lowest BCUT2D eigenvalue weighted by Crippen LogP contribution is -2.36. The number of aromatic carboxylic acids is 1. The summed E-state index contributed by atoms with van der Waals surface area (Å²) in [5.41, 5.74) is 6.35. The predicted octanol–water partition coefficient (Wildman–Crippen LogP) is 3.04. The first kappa shape index (κ1) is 23.6. The van der Waals surface area contributed by atoms with Crippen LogP contribution in [0.25, 0.3) is 6.08 Å². The molecule has 2 aromatic carbocycles. The third-order valence-electron chi connectivity index (χ3n) is 4.60. The number of fused-ring (bicyclic) bond motifs is 1. The number of pyridine rings is 1. The minimum Gasteiger partial charge on any atom is -0.588 e. The van der Waals surface area contributed by atoms with Crippen molar-refractivity contribution in [2.45, 2.75) is 0 Å². The minimum atomic E-state index is -1.76. The molecule has 4 rings (SSSR count). The Kier molecular flexibility index (Phi) is 7.21. The first-order valence-corrected chi connectivity index (χ1v) is 10.5. The van der Waals surface area contributed by atoms with Gasteiger partial charge in [-0.15, -0.1) is 0 Å². The Hall–Kier alpha value is -4.02. The van der Waals surface area contributed by atoms with Crippen molar-refractivity contribution in [2.24, 2.45) is 5.73 Å². The quantitative estimate of drug-likeness (QED) is 0.446. The van der Waals surface area contributed by atoms with Gasteiger partial charge in [-0.3, -0.25) is 14.6 Å². The summed E-state index contributed by atoms with van der Waals surface area (Å²) in [6, 6.07) is 12.8. The van der Waals surface area contributed by atoms with Crippen molar-refractivity contribution in [1.82, 2.24) is 4.98 Å². The van der Waals surface area contributed by atoms with Crippen LogP contribution in [-0.2, 0) is 11.4 Å². The number of nitrogens with zero attached hydrogens (tertiary/aromatic N) is 2. The number of rotatable bonds is 3. The summed E-state index contributed by atoms with van der Waals surface area (Å²) in [6.07, 6.45) is 4.41. The maximum absolute atomic E-state index is 13.3. The van der Waals surface area contributed by atoms with Gasteiger partial charge in [0.2, 0.25) is 16.6 Å². The van der Waals surface area contributed by atoms with Crippen molar-refractivity contribution >= 4 is 40.8 Å². The monoisotopic (exact) mass is 467 g/mol. The number of ketones is 1. The van der Waals surface area contributed by atoms with Crippen LogP contribution >= 0.6 is 0 Å². The number of primary amides is 1. The third kappa shape index (κ3) is 5.43. The van der Waals surface area contributed by atoms with Crippen molar-refractivity contribution in [1.29, 1.82) is 0 Å². The molecule has 8 nitrogen and oxygen atoms in total. The van der Waals surface area contributed by atoms with Gasteiger partial charge in [0, 0.05) is 24.0 Å². The second-order valence-corrected chi connectivity index (χ2v) is 8.26. The van der Waals surface area contributed by atoms with E-state index in [4.69, 9.17) is 10.8 Å². The topological polar surface area (TPSA) is 137 Å². The molecule has 2 heterocycles. The van der Waals surface area contributed by atoms with E-state index in [1.807, 2.05) is 0 Å². The number of anilines is 1. The van der Waals surface area contributed by atoms with Crippen molar-refractivity contribution in [3.05, 3.63) is 100.0 Å². The summed E-state index contributed by atoms with van der Waals surface area (Å²) in [5, 5.41) is 9.08. The summed E-state index contributed by atoms with van der Waals surface area (Å²) >= 11 is -1.76. The number of halogens is 1. The van der Waals surface area contributed by atoms with Crippen LogP contribution in [0.3, 0.4) is 0 Å². The zero-order valence-corrected chi connectivity index (χ0v) is 18.1. The molecule has 1 aromatic heterocycles. The van der Waals surface area contributed by atoms with E-state index in [-0.39, 0.29) is 16.0 Å². The average molecular weight is 467 g/mol. The summed E-state index contributed by atoms with van der Waals surface area (Å²) < 4.78 is 27.2. The number of hydrogen-bond acceptors (Lipinski definition) is 6. The fraction of sp³-hybridized carbons (Fsp3) is 0.0435. The average Bonchev–Trinajstić information content (AvgIpc) is 2.81. The highest BCUT2D eigenvalue weighted by Crippen LogP contribution is 2.35. The van der Waals surface area contributed by atoms with Crippen molar-refractivity contribution in [2.75, 3.05) is 11.4 Å². The van der Waals surface area contributed by atoms with E-state index in [9.17, 15) is 23.3 Å². The summed E-state index contributed by atoms with van der Waals surface area (Å²) in [4.78, 5) is 37.9. The lowest BCUT2D eigenvalue weighted by molar-refractivity contribution is 0.0696. The Morgan fingerprint density at radius 2 is 1.82 bits per heavy atom. The molecular formula is C23H18FN3O5S. The second kappa shape index (κ2) is 10.1. The zero-order valence-electron chi connectivity index (χ0n) is 17.3. The molecule has 33 heavy (non-hydrogen) atoms. The molecule has 0 bridgehead atoms. The molecule has 0 saturated carbocycles. The van der Waals surface area contributed by atoms with Gasteiger partial charge in [-0.2, -0.15) is 4.31 Å². The van der Waals surface area contributed by atoms with Crippen LogP contribution in [0, 0.1) is 5.82 Å². The van der Waals surface area contributed by atoms with Gasteiger partial charge in [-0.25, -0.2) is 9.18 Å². The van der Waals surface area contributed by atoms with Gasteiger partial charge in [0.1, 0.15) is 17.2 Å². The molecule has 1 aliphatic rings. The molecule has 0 radical (unpaired) electrons. The Bertz CT molecular complexity index is 1250. The summed E-state index contributed by atoms with van der Waals surface area (Å²) in [7, 11) is 1.54. The fourth-order valence-corrected chi connectivity index (χ4v) is 4.09. The molecule has 3 aromatic rings. The van der Waals surface area contributed by atoms with Crippen LogP contribution in [0.4, 0.5) is 10.1 Å². The van der Waals surface area contributed by atoms with Crippen LogP contribution in [0.2, 0.25) is 0 Å². The summed E-state index contributed by atoms with van der Waals surface area (Å²) in [5.74, 6) is -2.58. The molecule has 1 aliphatic heterocycles. The first-order chi connectivity index (χ1) is 15.7. The number of nitrogens with two attached hydrogens (primary N) is 1. The number of benzene rings is 2. The molecule has 10 heteroatoms. The number of hydrogen-bond donors (Lipinski definition) is 2. The highest BCUT2D eigenvalue weighted by Gasteiger charge is 2.38. The largest absolute Gasteiger partial charge is 0.588 e. The van der Waals surface area contributed by atoms with E-state index in [1.165, 1.54) is 59.2 Å². The van der Waals surface area contributed by atoms with E-state index in [0.717, 1.165) is 0 Å². The number of carboxylic acids is 1. The molecule has 3 N–H and O–H groups in total. The van der Waals surface area contributed by atoms with Crippen LogP contribution < -0.4 is 10.0 Å². The molecule has 1 amide bonds. The van der Waals surface area contributed by atoms with Crippen molar-refractivity contribution in [3.8, 4) is 0 Å². The van der Waals surface area contributed by atoms with E-state index in [0.29, 0.717) is 16.8 Å². The minimum absolute atomic E-state index is 0.0295.